The van der Waals surface area contributed by atoms with Crippen LogP contribution in [0, 0.1) is 0 Å². The summed E-state index contributed by atoms with van der Waals surface area (Å²) in [6.45, 7) is 0.720. The van der Waals surface area contributed by atoms with Gasteiger partial charge < -0.3 is 9.32 Å². The number of anilines is 1. The van der Waals surface area contributed by atoms with Crippen molar-refractivity contribution < 1.29 is 4.42 Å². The van der Waals surface area contributed by atoms with Gasteiger partial charge in [0, 0.05) is 19.4 Å². The van der Waals surface area contributed by atoms with E-state index in [1.807, 2.05) is 37.4 Å². The van der Waals surface area contributed by atoms with Crippen LogP contribution in [0.15, 0.2) is 53.4 Å². The van der Waals surface area contributed by atoms with Crippen molar-refractivity contribution in [3.05, 3.63) is 54.7 Å². The highest BCUT2D eigenvalue weighted by atomic mass is 16.3. The molecule has 0 atom stereocenters. The first kappa shape index (κ1) is 10.8. The minimum absolute atomic E-state index is 0.720. The van der Waals surface area contributed by atoms with Crippen LogP contribution >= 0.6 is 0 Å². The first-order chi connectivity index (χ1) is 8.84. The zero-order chi connectivity index (χ0) is 12.4. The van der Waals surface area contributed by atoms with E-state index in [-0.39, 0.29) is 0 Å². The van der Waals surface area contributed by atoms with Crippen molar-refractivity contribution in [2.45, 2.75) is 6.54 Å². The van der Waals surface area contributed by atoms with E-state index in [0.29, 0.717) is 0 Å². The maximum absolute atomic E-state index is 5.38. The lowest BCUT2D eigenvalue weighted by atomic mass is 10.3. The molecule has 0 aromatic carbocycles. The number of fused-ring (bicyclic) bond motifs is 1. The maximum atomic E-state index is 5.38. The molecule has 0 unspecified atom stereocenters. The summed E-state index contributed by atoms with van der Waals surface area (Å²) in [5.41, 5.74) is 1.87. The Kier molecular flexibility index (Phi) is 2.68. The summed E-state index contributed by atoms with van der Waals surface area (Å²) in [6.07, 6.45) is 5.25. The molecule has 0 spiro atoms. The number of pyridine rings is 2. The maximum Gasteiger partial charge on any atom is 0.139 e. The molecule has 0 radical (unpaired) electrons. The second-order valence-corrected chi connectivity index (χ2v) is 4.14. The van der Waals surface area contributed by atoms with E-state index in [9.17, 15) is 0 Å². The quantitative estimate of drug-likeness (QED) is 0.704. The molecule has 0 saturated carbocycles. The summed E-state index contributed by atoms with van der Waals surface area (Å²) >= 11 is 0. The highest BCUT2D eigenvalue weighted by molar-refractivity contribution is 5.88. The van der Waals surface area contributed by atoms with Crippen LogP contribution in [0.25, 0.3) is 11.0 Å². The first-order valence-electron chi connectivity index (χ1n) is 5.78. The minimum atomic E-state index is 0.720. The summed E-state index contributed by atoms with van der Waals surface area (Å²) in [7, 11) is 2.00. The third-order valence-corrected chi connectivity index (χ3v) is 2.85. The van der Waals surface area contributed by atoms with Crippen LogP contribution in [-0.4, -0.2) is 17.0 Å². The molecule has 0 N–H and O–H groups in total. The number of rotatable bonds is 3. The molecule has 4 nitrogen and oxygen atoms in total. The predicted molar refractivity (Wildman–Crippen MR) is 70.4 cm³/mol. The topological polar surface area (TPSA) is 42.2 Å². The van der Waals surface area contributed by atoms with Crippen LogP contribution in [0.4, 0.5) is 5.82 Å². The Bertz CT molecular complexity index is 648. The Hall–Kier alpha value is -2.36. The molecule has 0 saturated heterocycles. The van der Waals surface area contributed by atoms with E-state index in [0.717, 1.165) is 29.0 Å². The van der Waals surface area contributed by atoms with Crippen molar-refractivity contribution in [2.24, 2.45) is 0 Å². The molecule has 18 heavy (non-hydrogen) atoms. The second-order valence-electron chi connectivity index (χ2n) is 4.14. The van der Waals surface area contributed by atoms with Gasteiger partial charge in [-0.1, -0.05) is 6.07 Å². The Morgan fingerprint density at radius 1 is 1.11 bits per heavy atom. The first-order valence-corrected chi connectivity index (χ1v) is 5.78. The Morgan fingerprint density at radius 3 is 2.89 bits per heavy atom. The highest BCUT2D eigenvalue weighted by Gasteiger charge is 2.10. The average molecular weight is 239 g/mol. The molecule has 3 aromatic rings. The lowest BCUT2D eigenvalue weighted by molar-refractivity contribution is 0.615. The fourth-order valence-electron chi connectivity index (χ4n) is 1.99. The van der Waals surface area contributed by atoms with Crippen LogP contribution in [0.3, 0.4) is 0 Å². The van der Waals surface area contributed by atoms with Crippen molar-refractivity contribution in [1.29, 1.82) is 0 Å². The molecule has 0 aliphatic rings. The Morgan fingerprint density at radius 2 is 2.06 bits per heavy atom. The van der Waals surface area contributed by atoms with E-state index in [2.05, 4.69) is 14.9 Å². The highest BCUT2D eigenvalue weighted by Crippen LogP contribution is 2.24. The lowest BCUT2D eigenvalue weighted by Crippen LogP contribution is -2.18. The van der Waals surface area contributed by atoms with Crippen molar-refractivity contribution in [3.63, 3.8) is 0 Å². The van der Waals surface area contributed by atoms with E-state index >= 15 is 0 Å². The van der Waals surface area contributed by atoms with Crippen LogP contribution in [-0.2, 0) is 6.54 Å². The molecule has 0 bridgehead atoms. The molecule has 3 heterocycles. The van der Waals surface area contributed by atoms with Crippen molar-refractivity contribution in [2.75, 3.05) is 11.9 Å². The van der Waals surface area contributed by atoms with Gasteiger partial charge in [0.15, 0.2) is 0 Å². The lowest BCUT2D eigenvalue weighted by Gasteiger charge is -2.18. The van der Waals surface area contributed by atoms with Gasteiger partial charge in [-0.2, -0.15) is 0 Å². The minimum Gasteiger partial charge on any atom is -0.464 e. The van der Waals surface area contributed by atoms with Crippen molar-refractivity contribution in [1.82, 2.24) is 9.97 Å². The third-order valence-electron chi connectivity index (χ3n) is 2.85. The van der Waals surface area contributed by atoms with Gasteiger partial charge in [-0.25, -0.2) is 4.98 Å². The molecule has 0 aliphatic heterocycles. The van der Waals surface area contributed by atoms with Crippen LogP contribution in [0.5, 0.6) is 0 Å². The van der Waals surface area contributed by atoms with Crippen molar-refractivity contribution >= 4 is 16.8 Å². The summed E-state index contributed by atoms with van der Waals surface area (Å²) in [5, 5.41) is 1.02. The summed E-state index contributed by atoms with van der Waals surface area (Å²) in [5.74, 6) is 0.909. The zero-order valence-corrected chi connectivity index (χ0v) is 10.1. The standard InChI is InChI=1S/C14H13N3O/c1-17(10-11-4-2-3-7-15-11)14-12-6-9-18-13(12)5-8-16-14/h2-9H,10H2,1H3. The van der Waals surface area contributed by atoms with Gasteiger partial charge in [-0.3, -0.25) is 4.98 Å². The molecule has 0 aliphatic carbocycles. The molecular weight excluding hydrogens is 226 g/mol. The zero-order valence-electron chi connectivity index (χ0n) is 10.1. The van der Waals surface area contributed by atoms with Crippen LogP contribution in [0.1, 0.15) is 5.69 Å². The summed E-state index contributed by atoms with van der Waals surface area (Å²) < 4.78 is 5.38. The predicted octanol–water partition coefficient (Wildman–Crippen LogP) is 2.86. The Labute approximate surface area is 105 Å². The number of aromatic nitrogens is 2. The number of hydrogen-bond acceptors (Lipinski definition) is 4. The smallest absolute Gasteiger partial charge is 0.139 e. The number of hydrogen-bond donors (Lipinski definition) is 0. The van der Waals surface area contributed by atoms with Gasteiger partial charge in [0.1, 0.15) is 11.4 Å². The van der Waals surface area contributed by atoms with Gasteiger partial charge in [0.05, 0.1) is 23.9 Å². The second kappa shape index (κ2) is 4.49. The van der Waals surface area contributed by atoms with Crippen LogP contribution in [0.2, 0.25) is 0 Å². The molecule has 3 rings (SSSR count). The van der Waals surface area contributed by atoms with E-state index in [1.165, 1.54) is 0 Å². The summed E-state index contributed by atoms with van der Waals surface area (Å²) in [6, 6.07) is 9.71. The monoisotopic (exact) mass is 239 g/mol. The molecule has 0 amide bonds. The van der Waals surface area contributed by atoms with Gasteiger partial charge in [-0.05, 0) is 24.3 Å². The Balaban J connectivity index is 1.92. The van der Waals surface area contributed by atoms with Gasteiger partial charge in [0.25, 0.3) is 0 Å². The van der Waals surface area contributed by atoms with Gasteiger partial charge >= 0.3 is 0 Å². The van der Waals surface area contributed by atoms with Crippen molar-refractivity contribution in [3.8, 4) is 0 Å². The molecule has 90 valence electrons. The largest absolute Gasteiger partial charge is 0.464 e. The van der Waals surface area contributed by atoms with Gasteiger partial charge in [-0.15, -0.1) is 0 Å². The molecule has 4 heteroatoms. The average Bonchev–Trinajstić information content (AvgIpc) is 2.87. The number of furan rings is 1. The van der Waals surface area contributed by atoms with E-state index in [1.54, 1.807) is 18.7 Å². The van der Waals surface area contributed by atoms with Crippen LogP contribution < -0.4 is 4.90 Å². The van der Waals surface area contributed by atoms with E-state index < -0.39 is 0 Å². The molecule has 3 aromatic heterocycles. The fourth-order valence-corrected chi connectivity index (χ4v) is 1.99. The SMILES string of the molecule is CN(Cc1ccccn1)c1nccc2occc12. The number of nitrogens with zero attached hydrogens (tertiary/aromatic N) is 3. The van der Waals surface area contributed by atoms with E-state index in [4.69, 9.17) is 4.42 Å². The third kappa shape index (κ3) is 1.93. The molecular formula is C14H13N3O. The summed E-state index contributed by atoms with van der Waals surface area (Å²) in [4.78, 5) is 10.8. The normalized spacial score (nSPS) is 10.7. The molecule has 0 fully saturated rings. The fraction of sp³-hybridized carbons (Fsp3) is 0.143. The van der Waals surface area contributed by atoms with Gasteiger partial charge in [0.2, 0.25) is 0 Å².